The molecule has 4 nitrogen and oxygen atoms in total. The van der Waals surface area contributed by atoms with E-state index < -0.39 is 0 Å². The van der Waals surface area contributed by atoms with Crippen LogP contribution in [0.3, 0.4) is 0 Å². The molecule has 142 valence electrons. The van der Waals surface area contributed by atoms with Crippen LogP contribution >= 0.6 is 0 Å². The van der Waals surface area contributed by atoms with Crippen molar-refractivity contribution in [1.29, 1.82) is 0 Å². The summed E-state index contributed by atoms with van der Waals surface area (Å²) in [5, 5.41) is 0. The monoisotopic (exact) mass is 342 g/mol. The third kappa shape index (κ3) is 10.4. The molecule has 0 spiro atoms. The highest BCUT2D eigenvalue weighted by Gasteiger charge is 2.14. The zero-order chi connectivity index (χ0) is 17.9. The van der Waals surface area contributed by atoms with Gasteiger partial charge in [-0.1, -0.05) is 32.4 Å². The minimum Gasteiger partial charge on any atom is -0.353 e. The van der Waals surface area contributed by atoms with E-state index in [1.807, 2.05) is 13.8 Å². The molecule has 0 aromatic carbocycles. The topological polar surface area (TPSA) is 36.9 Å². The normalized spacial score (nSPS) is 36.4. The Kier molecular flexibility index (Phi) is 10.8. The van der Waals surface area contributed by atoms with Gasteiger partial charge in [-0.3, -0.25) is 0 Å². The zero-order valence-electron chi connectivity index (χ0n) is 16.5. The lowest BCUT2D eigenvalue weighted by molar-refractivity contribution is -0.187. The van der Waals surface area contributed by atoms with Gasteiger partial charge in [0.1, 0.15) is 0 Å². The second-order valence-corrected chi connectivity index (χ2v) is 7.61. The lowest BCUT2D eigenvalue weighted by Gasteiger charge is -2.24. The van der Waals surface area contributed by atoms with E-state index in [2.05, 4.69) is 33.8 Å². The summed E-state index contributed by atoms with van der Waals surface area (Å²) in [6, 6.07) is 0. The second kappa shape index (κ2) is 12.0. The van der Waals surface area contributed by atoms with Gasteiger partial charge >= 0.3 is 0 Å². The maximum Gasteiger partial charge on any atom is 0.154 e. The van der Waals surface area contributed by atoms with Gasteiger partial charge in [-0.15, -0.1) is 0 Å². The average Bonchev–Trinajstić information content (AvgIpc) is 2.57. The lowest BCUT2D eigenvalue weighted by atomic mass is 9.92. The molecule has 24 heavy (non-hydrogen) atoms. The van der Waals surface area contributed by atoms with Crippen molar-refractivity contribution in [2.24, 2.45) is 17.8 Å². The van der Waals surface area contributed by atoms with E-state index in [1.165, 1.54) is 19.3 Å². The van der Waals surface area contributed by atoms with Crippen LogP contribution in [0.5, 0.6) is 0 Å². The van der Waals surface area contributed by atoms with Crippen molar-refractivity contribution in [3.63, 3.8) is 0 Å². The summed E-state index contributed by atoms with van der Waals surface area (Å²) in [5.74, 6) is 2.09. The number of rotatable bonds is 0. The van der Waals surface area contributed by atoms with Crippen molar-refractivity contribution in [3.05, 3.63) is 11.6 Å². The van der Waals surface area contributed by atoms with Gasteiger partial charge in [0.15, 0.2) is 12.6 Å². The molecule has 3 rings (SSSR count). The summed E-state index contributed by atoms with van der Waals surface area (Å²) < 4.78 is 20.7. The summed E-state index contributed by atoms with van der Waals surface area (Å²) in [7, 11) is 0. The fourth-order valence-corrected chi connectivity index (χ4v) is 2.49. The summed E-state index contributed by atoms with van der Waals surface area (Å²) in [5.41, 5.74) is 1.59. The van der Waals surface area contributed by atoms with Gasteiger partial charge in [0, 0.05) is 11.8 Å². The summed E-state index contributed by atoms with van der Waals surface area (Å²) in [6.07, 6.45) is 6.46. The average molecular weight is 343 g/mol. The van der Waals surface area contributed by atoms with Gasteiger partial charge in [0.25, 0.3) is 0 Å². The van der Waals surface area contributed by atoms with Gasteiger partial charge in [0.05, 0.1) is 26.4 Å². The molecule has 3 aliphatic rings. The zero-order valence-corrected chi connectivity index (χ0v) is 16.5. The van der Waals surface area contributed by atoms with Gasteiger partial charge in [-0.2, -0.15) is 0 Å². The van der Waals surface area contributed by atoms with Crippen LogP contribution < -0.4 is 0 Å². The molecule has 2 heterocycles. The Morgan fingerprint density at radius 1 is 0.708 bits per heavy atom. The maximum absolute atomic E-state index is 5.17. The largest absolute Gasteiger partial charge is 0.353 e. The van der Waals surface area contributed by atoms with Gasteiger partial charge in [-0.05, 0) is 46.0 Å². The first-order valence-corrected chi connectivity index (χ1v) is 9.48. The van der Waals surface area contributed by atoms with Crippen molar-refractivity contribution >= 4 is 0 Å². The Morgan fingerprint density at radius 2 is 1.12 bits per heavy atom. The van der Waals surface area contributed by atoms with Crippen LogP contribution in [0.1, 0.15) is 60.8 Å². The second-order valence-electron chi connectivity index (χ2n) is 7.61. The summed E-state index contributed by atoms with van der Waals surface area (Å²) in [6.45, 7) is 16.0. The van der Waals surface area contributed by atoms with E-state index >= 15 is 0 Å². The van der Waals surface area contributed by atoms with E-state index in [0.29, 0.717) is 11.8 Å². The molecule has 0 N–H and O–H groups in total. The van der Waals surface area contributed by atoms with Crippen LogP contribution in [0.4, 0.5) is 0 Å². The van der Waals surface area contributed by atoms with Gasteiger partial charge in [0.2, 0.25) is 0 Å². The van der Waals surface area contributed by atoms with Gasteiger partial charge in [-0.25, -0.2) is 0 Å². The molecule has 0 amide bonds. The Balaban J connectivity index is 0.000000180. The summed E-state index contributed by atoms with van der Waals surface area (Å²) >= 11 is 0. The van der Waals surface area contributed by atoms with Crippen LogP contribution in [0, 0.1) is 17.8 Å². The fourth-order valence-electron chi connectivity index (χ4n) is 2.49. The SMILES string of the molecule is CC1=CCC(C)CC1.CC1COC(C)OC1.CC1COC(C)OC1. The molecule has 2 fully saturated rings. The number of hydrogen-bond acceptors (Lipinski definition) is 4. The van der Waals surface area contributed by atoms with Crippen molar-refractivity contribution < 1.29 is 18.9 Å². The molecule has 0 saturated carbocycles. The molecule has 1 aliphatic carbocycles. The highest BCUT2D eigenvalue weighted by molar-refractivity contribution is 5.01. The third-order valence-corrected chi connectivity index (χ3v) is 4.36. The van der Waals surface area contributed by atoms with E-state index in [4.69, 9.17) is 18.9 Å². The molecular weight excluding hydrogens is 304 g/mol. The first kappa shape index (κ1) is 21.6. The number of hydrogen-bond donors (Lipinski definition) is 0. The molecule has 2 saturated heterocycles. The molecule has 0 aromatic heterocycles. The molecule has 2 aliphatic heterocycles. The van der Waals surface area contributed by atoms with Crippen LogP contribution in [-0.4, -0.2) is 39.0 Å². The molecule has 0 aromatic rings. The van der Waals surface area contributed by atoms with Gasteiger partial charge < -0.3 is 18.9 Å². The van der Waals surface area contributed by atoms with Crippen molar-refractivity contribution in [2.75, 3.05) is 26.4 Å². The quantitative estimate of drug-likeness (QED) is 0.594. The number of allylic oxidation sites excluding steroid dienone is 2. The van der Waals surface area contributed by atoms with Crippen LogP contribution in [0.2, 0.25) is 0 Å². The van der Waals surface area contributed by atoms with Crippen LogP contribution in [-0.2, 0) is 18.9 Å². The minimum absolute atomic E-state index is 0.0196. The van der Waals surface area contributed by atoms with Crippen LogP contribution in [0.25, 0.3) is 0 Å². The Morgan fingerprint density at radius 3 is 1.38 bits per heavy atom. The molecule has 4 heteroatoms. The number of ether oxygens (including phenoxy) is 4. The first-order valence-electron chi connectivity index (χ1n) is 9.48. The third-order valence-electron chi connectivity index (χ3n) is 4.36. The minimum atomic E-state index is 0.0196. The highest BCUT2D eigenvalue weighted by Crippen LogP contribution is 2.21. The highest BCUT2D eigenvalue weighted by atomic mass is 16.7. The van der Waals surface area contributed by atoms with E-state index in [0.717, 1.165) is 32.3 Å². The molecule has 1 unspecified atom stereocenters. The van der Waals surface area contributed by atoms with Crippen LogP contribution in [0.15, 0.2) is 11.6 Å². The predicted octanol–water partition coefficient (Wildman–Crippen LogP) is 4.78. The first-order chi connectivity index (χ1) is 11.4. The van der Waals surface area contributed by atoms with E-state index in [-0.39, 0.29) is 12.6 Å². The smallest absolute Gasteiger partial charge is 0.154 e. The van der Waals surface area contributed by atoms with Crippen molar-refractivity contribution in [3.8, 4) is 0 Å². The van der Waals surface area contributed by atoms with Crippen molar-refractivity contribution in [1.82, 2.24) is 0 Å². The van der Waals surface area contributed by atoms with E-state index in [1.54, 1.807) is 5.57 Å². The summed E-state index contributed by atoms with van der Waals surface area (Å²) in [4.78, 5) is 0. The molecule has 0 radical (unpaired) electrons. The maximum atomic E-state index is 5.17. The lowest BCUT2D eigenvalue weighted by Crippen LogP contribution is -2.27. The Bertz CT molecular complexity index is 300. The molecule has 0 bridgehead atoms. The van der Waals surface area contributed by atoms with E-state index in [9.17, 15) is 0 Å². The van der Waals surface area contributed by atoms with Crippen molar-refractivity contribution in [2.45, 2.75) is 73.4 Å². The predicted molar refractivity (Wildman–Crippen MR) is 97.8 cm³/mol. The standard InChI is InChI=1S/C8H14.2C6H12O2/c1-7-3-5-8(2)6-4-7;2*1-5-3-7-6(2)8-4-5/h3,8H,4-6H2,1-2H3;2*5-6H,3-4H2,1-2H3. The molecule has 1 atom stereocenters. The molecular formula is C20H38O4. The Labute approximate surface area is 148 Å². The fraction of sp³-hybridized carbons (Fsp3) is 0.900. The Hall–Kier alpha value is -0.420.